The number of carboxylic acid groups (broad SMARTS) is 1. The maximum Gasteiger partial charge on any atom is 0.407 e. The number of benzene rings is 1. The average molecular weight is 417 g/mol. The predicted octanol–water partition coefficient (Wildman–Crippen LogP) is 2.55. The lowest BCUT2D eigenvalue weighted by Crippen LogP contribution is -2.36. The highest BCUT2D eigenvalue weighted by atomic mass is 32.2. The Labute approximate surface area is 169 Å². The molecule has 2 aromatic rings. The molecule has 0 spiro atoms. The molecule has 0 radical (unpaired) electrons. The van der Waals surface area contributed by atoms with Crippen LogP contribution in [-0.4, -0.2) is 65.0 Å². The number of nitrogens with one attached hydrogen (secondary N) is 1. The summed E-state index contributed by atoms with van der Waals surface area (Å²) in [6.45, 7) is 6.36. The van der Waals surface area contributed by atoms with E-state index in [-0.39, 0.29) is 24.5 Å². The van der Waals surface area contributed by atoms with Crippen molar-refractivity contribution in [2.24, 2.45) is 0 Å². The third kappa shape index (κ3) is 4.72. The first kappa shape index (κ1) is 20.7. The average Bonchev–Trinajstić information content (AvgIpc) is 2.97. The minimum atomic E-state index is -3.71. The Kier molecular flexibility index (Phi) is 6.14. The minimum absolute atomic E-state index is 0.136. The van der Waals surface area contributed by atoms with Crippen molar-refractivity contribution in [2.45, 2.75) is 18.2 Å². The summed E-state index contributed by atoms with van der Waals surface area (Å²) in [5.41, 5.74) is 2.22. The fourth-order valence-corrected chi connectivity index (χ4v) is 4.60. The number of carbonyl (C=O) groups is 1. The van der Waals surface area contributed by atoms with Crippen molar-refractivity contribution >= 4 is 33.8 Å². The maximum atomic E-state index is 13.0. The SMILES string of the molecule is C=Cc1cnc(Nc2ccc(S(=O)(=O)N3CCCN(C(=O)O)CC3)cc2C)nc1. The second-order valence-corrected chi connectivity index (χ2v) is 8.61. The minimum Gasteiger partial charge on any atom is -0.465 e. The van der Waals surface area contributed by atoms with Crippen LogP contribution in [0.5, 0.6) is 0 Å². The van der Waals surface area contributed by atoms with Crippen LogP contribution in [0.3, 0.4) is 0 Å². The van der Waals surface area contributed by atoms with Crippen molar-refractivity contribution < 1.29 is 18.3 Å². The van der Waals surface area contributed by atoms with E-state index in [1.54, 1.807) is 37.5 Å². The van der Waals surface area contributed by atoms with Crippen LogP contribution in [0.1, 0.15) is 17.5 Å². The monoisotopic (exact) mass is 417 g/mol. The molecule has 0 bridgehead atoms. The van der Waals surface area contributed by atoms with Gasteiger partial charge in [0.25, 0.3) is 0 Å². The molecule has 1 aliphatic heterocycles. The van der Waals surface area contributed by atoms with Gasteiger partial charge in [-0.25, -0.2) is 23.2 Å². The predicted molar refractivity (Wildman–Crippen MR) is 110 cm³/mol. The van der Waals surface area contributed by atoms with E-state index in [9.17, 15) is 13.2 Å². The molecule has 1 fully saturated rings. The molecule has 0 aliphatic carbocycles. The molecule has 0 unspecified atom stereocenters. The first-order valence-corrected chi connectivity index (χ1v) is 10.6. The van der Waals surface area contributed by atoms with E-state index >= 15 is 0 Å². The molecule has 0 saturated carbocycles. The summed E-state index contributed by atoms with van der Waals surface area (Å²) in [7, 11) is -3.71. The molecule has 3 rings (SSSR count). The third-order valence-electron chi connectivity index (χ3n) is 4.72. The third-order valence-corrected chi connectivity index (χ3v) is 6.61. The van der Waals surface area contributed by atoms with Crippen LogP contribution < -0.4 is 5.32 Å². The Balaban J connectivity index is 1.77. The highest BCUT2D eigenvalue weighted by Crippen LogP contribution is 2.25. The number of nitrogens with zero attached hydrogens (tertiary/aromatic N) is 4. The van der Waals surface area contributed by atoms with Crippen LogP contribution in [-0.2, 0) is 10.0 Å². The van der Waals surface area contributed by atoms with Gasteiger partial charge in [0, 0.05) is 49.8 Å². The van der Waals surface area contributed by atoms with Gasteiger partial charge in [-0.1, -0.05) is 12.7 Å². The van der Waals surface area contributed by atoms with E-state index in [1.165, 1.54) is 15.3 Å². The molecule has 2 N–H and O–H groups in total. The van der Waals surface area contributed by atoms with Gasteiger partial charge in [0.05, 0.1) is 4.90 Å². The normalized spacial score (nSPS) is 15.6. The summed E-state index contributed by atoms with van der Waals surface area (Å²) in [6.07, 6.45) is 4.35. The highest BCUT2D eigenvalue weighted by molar-refractivity contribution is 7.89. The van der Waals surface area contributed by atoms with E-state index in [0.717, 1.165) is 11.1 Å². The lowest BCUT2D eigenvalue weighted by atomic mass is 10.2. The van der Waals surface area contributed by atoms with Gasteiger partial charge in [-0.3, -0.25) is 0 Å². The van der Waals surface area contributed by atoms with Crippen LogP contribution in [0.25, 0.3) is 6.08 Å². The second-order valence-electron chi connectivity index (χ2n) is 6.67. The van der Waals surface area contributed by atoms with E-state index in [2.05, 4.69) is 21.9 Å². The Morgan fingerprint density at radius 3 is 2.55 bits per heavy atom. The van der Waals surface area contributed by atoms with Crippen LogP contribution >= 0.6 is 0 Å². The molecule has 29 heavy (non-hydrogen) atoms. The first-order valence-electron chi connectivity index (χ1n) is 9.11. The number of aryl methyl sites for hydroxylation is 1. The lowest BCUT2D eigenvalue weighted by molar-refractivity contribution is 0.147. The summed E-state index contributed by atoms with van der Waals surface area (Å²) >= 11 is 0. The molecule has 9 nitrogen and oxygen atoms in total. The topological polar surface area (TPSA) is 116 Å². The van der Waals surface area contributed by atoms with Crippen molar-refractivity contribution in [3.8, 4) is 0 Å². The molecule has 1 saturated heterocycles. The quantitative estimate of drug-likeness (QED) is 0.768. The zero-order chi connectivity index (χ0) is 21.0. The Morgan fingerprint density at radius 2 is 1.93 bits per heavy atom. The Hall–Kier alpha value is -2.98. The molecule has 1 amide bonds. The number of rotatable bonds is 5. The van der Waals surface area contributed by atoms with Crippen LogP contribution in [0, 0.1) is 6.92 Å². The number of sulfonamides is 1. The standard InChI is InChI=1S/C19H23N5O4S/c1-3-15-12-20-18(21-13-15)22-17-6-5-16(11-14(17)2)29(27,28)24-8-4-7-23(9-10-24)19(25)26/h3,5-6,11-13H,1,4,7-10H2,2H3,(H,25,26)(H,20,21,22). The van der Waals surface area contributed by atoms with E-state index in [1.807, 2.05) is 0 Å². The zero-order valence-electron chi connectivity index (χ0n) is 16.1. The molecular formula is C19H23N5O4S. The smallest absolute Gasteiger partial charge is 0.407 e. The van der Waals surface area contributed by atoms with E-state index in [4.69, 9.17) is 5.11 Å². The van der Waals surface area contributed by atoms with Gasteiger partial charge in [-0.15, -0.1) is 0 Å². The Morgan fingerprint density at radius 1 is 1.21 bits per heavy atom. The van der Waals surface area contributed by atoms with Crippen LogP contribution in [0.2, 0.25) is 0 Å². The number of amides is 1. The van der Waals surface area contributed by atoms with Gasteiger partial charge in [0.15, 0.2) is 0 Å². The molecule has 10 heteroatoms. The summed E-state index contributed by atoms with van der Waals surface area (Å²) in [6, 6.07) is 4.80. The van der Waals surface area contributed by atoms with Crippen molar-refractivity contribution in [1.82, 2.24) is 19.2 Å². The lowest BCUT2D eigenvalue weighted by Gasteiger charge is -2.21. The largest absolute Gasteiger partial charge is 0.465 e. The molecule has 0 atom stereocenters. The number of aromatic nitrogens is 2. The molecule has 154 valence electrons. The Bertz CT molecular complexity index is 1010. The van der Waals surface area contributed by atoms with Gasteiger partial charge in [-0.05, 0) is 37.1 Å². The van der Waals surface area contributed by atoms with Crippen molar-refractivity contribution in [3.63, 3.8) is 0 Å². The zero-order valence-corrected chi connectivity index (χ0v) is 16.9. The fourth-order valence-electron chi connectivity index (χ4n) is 3.04. The molecule has 1 aromatic heterocycles. The van der Waals surface area contributed by atoms with Gasteiger partial charge in [0.2, 0.25) is 16.0 Å². The molecular weight excluding hydrogens is 394 g/mol. The van der Waals surface area contributed by atoms with Gasteiger partial charge in [0.1, 0.15) is 0 Å². The maximum absolute atomic E-state index is 13.0. The number of hydrogen-bond acceptors (Lipinski definition) is 6. The van der Waals surface area contributed by atoms with Gasteiger partial charge in [-0.2, -0.15) is 4.31 Å². The summed E-state index contributed by atoms with van der Waals surface area (Å²) in [5, 5.41) is 12.2. The molecule has 2 heterocycles. The van der Waals surface area contributed by atoms with Gasteiger partial charge >= 0.3 is 6.09 Å². The number of anilines is 2. The first-order chi connectivity index (χ1) is 13.8. The van der Waals surface area contributed by atoms with E-state index < -0.39 is 16.1 Å². The fraction of sp³-hybridized carbons (Fsp3) is 0.316. The summed E-state index contributed by atoms with van der Waals surface area (Å²) in [5.74, 6) is 0.399. The molecule has 1 aliphatic rings. The summed E-state index contributed by atoms with van der Waals surface area (Å²) in [4.78, 5) is 20.9. The molecule has 1 aromatic carbocycles. The van der Waals surface area contributed by atoms with Crippen LogP contribution in [0.15, 0.2) is 42.1 Å². The van der Waals surface area contributed by atoms with Crippen molar-refractivity contribution in [3.05, 3.63) is 48.3 Å². The highest BCUT2D eigenvalue weighted by Gasteiger charge is 2.28. The van der Waals surface area contributed by atoms with Crippen molar-refractivity contribution in [2.75, 3.05) is 31.5 Å². The second kappa shape index (κ2) is 8.58. The van der Waals surface area contributed by atoms with Crippen molar-refractivity contribution in [1.29, 1.82) is 0 Å². The summed E-state index contributed by atoms with van der Waals surface area (Å²) < 4.78 is 27.4. The van der Waals surface area contributed by atoms with Crippen LogP contribution in [0.4, 0.5) is 16.4 Å². The van der Waals surface area contributed by atoms with Gasteiger partial charge < -0.3 is 15.3 Å². The van der Waals surface area contributed by atoms with E-state index in [0.29, 0.717) is 24.6 Å². The number of hydrogen-bond donors (Lipinski definition) is 2.